The van der Waals surface area contributed by atoms with Gasteiger partial charge in [0.05, 0.1) is 6.10 Å². The molecule has 2 aliphatic rings. The van der Waals surface area contributed by atoms with Gasteiger partial charge in [0.15, 0.2) is 0 Å². The summed E-state index contributed by atoms with van der Waals surface area (Å²) in [5.74, 6) is -0.126. The molecule has 3 rings (SSSR count). The molecule has 26 heavy (non-hydrogen) atoms. The Balaban J connectivity index is 1.69. The van der Waals surface area contributed by atoms with E-state index in [0.717, 1.165) is 12.8 Å². The van der Waals surface area contributed by atoms with Gasteiger partial charge in [-0.3, -0.25) is 9.53 Å². The lowest BCUT2D eigenvalue weighted by atomic mass is 10.0. The molecule has 0 saturated carbocycles. The summed E-state index contributed by atoms with van der Waals surface area (Å²) in [6, 6.07) is 1.63. The maximum Gasteiger partial charge on any atom is 0.522 e. The minimum absolute atomic E-state index is 0.0592. The Kier molecular flexibility index (Phi) is 5.38. The van der Waals surface area contributed by atoms with Crippen LogP contribution in [-0.2, 0) is 9.47 Å². The molecule has 2 saturated heterocycles. The van der Waals surface area contributed by atoms with Crippen molar-refractivity contribution in [1.29, 1.82) is 0 Å². The lowest BCUT2D eigenvalue weighted by molar-refractivity contribution is -0.345. The van der Waals surface area contributed by atoms with Crippen LogP contribution < -0.4 is 5.63 Å². The monoisotopic (exact) mass is 375 g/mol. The second-order valence-corrected chi connectivity index (χ2v) is 6.55. The first kappa shape index (κ1) is 18.9. The SMILES string of the molecule is Cc1cc(C2CCCO2)oc(=O)c1C(=O)N1CCC(OC(F)(F)F)CC1. The van der Waals surface area contributed by atoms with Crippen molar-refractivity contribution < 1.29 is 31.9 Å². The number of amides is 1. The molecule has 0 radical (unpaired) electrons. The van der Waals surface area contributed by atoms with Crippen molar-refractivity contribution in [3.05, 3.63) is 33.4 Å². The molecule has 1 atom stereocenters. The van der Waals surface area contributed by atoms with Crippen LogP contribution >= 0.6 is 0 Å². The highest BCUT2D eigenvalue weighted by molar-refractivity contribution is 5.95. The molecule has 0 aromatic carbocycles. The summed E-state index contributed by atoms with van der Waals surface area (Å²) in [4.78, 5) is 26.3. The van der Waals surface area contributed by atoms with Gasteiger partial charge < -0.3 is 14.1 Å². The Morgan fingerprint density at radius 3 is 2.50 bits per heavy atom. The van der Waals surface area contributed by atoms with E-state index in [2.05, 4.69) is 4.74 Å². The van der Waals surface area contributed by atoms with E-state index in [4.69, 9.17) is 9.15 Å². The first-order valence-electron chi connectivity index (χ1n) is 8.54. The summed E-state index contributed by atoms with van der Waals surface area (Å²) in [5, 5.41) is 0. The molecule has 1 aromatic heterocycles. The summed E-state index contributed by atoms with van der Waals surface area (Å²) in [5.41, 5.74) is -0.346. The highest BCUT2D eigenvalue weighted by Gasteiger charge is 2.36. The van der Waals surface area contributed by atoms with E-state index in [-0.39, 0.29) is 37.6 Å². The second-order valence-electron chi connectivity index (χ2n) is 6.55. The molecule has 0 N–H and O–H groups in total. The molecule has 0 bridgehead atoms. The van der Waals surface area contributed by atoms with Crippen LogP contribution in [0.3, 0.4) is 0 Å². The zero-order valence-electron chi connectivity index (χ0n) is 14.3. The fourth-order valence-corrected chi connectivity index (χ4v) is 3.37. The van der Waals surface area contributed by atoms with Crippen molar-refractivity contribution in [2.24, 2.45) is 0 Å². The second kappa shape index (κ2) is 7.40. The van der Waals surface area contributed by atoms with Crippen molar-refractivity contribution >= 4 is 5.91 Å². The number of alkyl halides is 3. The zero-order chi connectivity index (χ0) is 18.9. The van der Waals surface area contributed by atoms with Crippen LogP contribution in [0.15, 0.2) is 15.3 Å². The summed E-state index contributed by atoms with van der Waals surface area (Å²) in [6.07, 6.45) is -4.19. The third kappa shape index (κ3) is 4.27. The maximum atomic E-state index is 12.6. The molecule has 2 aliphatic heterocycles. The molecule has 0 spiro atoms. The molecule has 1 aromatic rings. The Morgan fingerprint density at radius 1 is 1.27 bits per heavy atom. The minimum Gasteiger partial charge on any atom is -0.424 e. The van der Waals surface area contributed by atoms with E-state index < -0.39 is 24.0 Å². The highest BCUT2D eigenvalue weighted by Crippen LogP contribution is 2.29. The largest absolute Gasteiger partial charge is 0.522 e. The van der Waals surface area contributed by atoms with Crippen LogP contribution in [0.2, 0.25) is 0 Å². The normalized spacial score (nSPS) is 22.0. The maximum absolute atomic E-state index is 12.6. The van der Waals surface area contributed by atoms with Gasteiger partial charge in [-0.05, 0) is 44.2 Å². The Hall–Kier alpha value is -1.87. The van der Waals surface area contributed by atoms with Crippen molar-refractivity contribution in [3.8, 4) is 0 Å². The van der Waals surface area contributed by atoms with Crippen molar-refractivity contribution in [1.82, 2.24) is 4.90 Å². The van der Waals surface area contributed by atoms with E-state index in [9.17, 15) is 22.8 Å². The Morgan fingerprint density at radius 2 is 1.96 bits per heavy atom. The van der Waals surface area contributed by atoms with Gasteiger partial charge in [-0.1, -0.05) is 0 Å². The van der Waals surface area contributed by atoms with E-state index in [0.29, 0.717) is 17.9 Å². The number of rotatable bonds is 3. The number of likely N-dealkylation sites (tertiary alicyclic amines) is 1. The summed E-state index contributed by atoms with van der Waals surface area (Å²) in [6.45, 7) is 2.42. The van der Waals surface area contributed by atoms with Gasteiger partial charge in [0, 0.05) is 19.7 Å². The van der Waals surface area contributed by atoms with Crippen LogP contribution in [0.4, 0.5) is 13.2 Å². The molecule has 1 unspecified atom stereocenters. The number of hydrogen-bond acceptors (Lipinski definition) is 5. The van der Waals surface area contributed by atoms with Gasteiger partial charge in [0.1, 0.15) is 17.4 Å². The van der Waals surface area contributed by atoms with Crippen LogP contribution in [0, 0.1) is 6.92 Å². The molecular weight excluding hydrogens is 355 g/mol. The molecule has 1 amide bonds. The smallest absolute Gasteiger partial charge is 0.424 e. The Labute approximate surface area is 147 Å². The van der Waals surface area contributed by atoms with Gasteiger partial charge in [0.25, 0.3) is 5.91 Å². The molecule has 144 valence electrons. The number of nitrogens with zero attached hydrogens (tertiary/aromatic N) is 1. The average Bonchev–Trinajstić information content (AvgIpc) is 3.07. The van der Waals surface area contributed by atoms with Gasteiger partial charge in [-0.15, -0.1) is 13.2 Å². The third-order valence-electron chi connectivity index (χ3n) is 4.66. The fourth-order valence-electron chi connectivity index (χ4n) is 3.37. The molecular formula is C17H20F3NO5. The summed E-state index contributed by atoms with van der Waals surface area (Å²) >= 11 is 0. The first-order chi connectivity index (χ1) is 12.2. The van der Waals surface area contributed by atoms with E-state index in [1.54, 1.807) is 13.0 Å². The Bertz CT molecular complexity index is 716. The molecule has 2 fully saturated rings. The topological polar surface area (TPSA) is 69.0 Å². The molecule has 3 heterocycles. The van der Waals surface area contributed by atoms with Gasteiger partial charge >= 0.3 is 12.0 Å². The van der Waals surface area contributed by atoms with Gasteiger partial charge in [-0.2, -0.15) is 0 Å². The number of aryl methyl sites for hydroxylation is 1. The molecule has 0 aliphatic carbocycles. The van der Waals surface area contributed by atoms with Crippen LogP contribution in [-0.4, -0.2) is 43.0 Å². The lowest BCUT2D eigenvalue weighted by Gasteiger charge is -2.32. The minimum atomic E-state index is -4.69. The fraction of sp³-hybridized carbons (Fsp3) is 0.647. The summed E-state index contributed by atoms with van der Waals surface area (Å²) < 4.78 is 51.6. The quantitative estimate of drug-likeness (QED) is 0.813. The number of carbonyl (C=O) groups excluding carboxylic acids is 1. The number of hydrogen-bond donors (Lipinski definition) is 0. The van der Waals surface area contributed by atoms with E-state index >= 15 is 0 Å². The highest BCUT2D eigenvalue weighted by atomic mass is 19.4. The lowest BCUT2D eigenvalue weighted by Crippen LogP contribution is -2.43. The zero-order valence-corrected chi connectivity index (χ0v) is 14.3. The predicted octanol–water partition coefficient (Wildman–Crippen LogP) is 2.94. The molecule has 9 heteroatoms. The van der Waals surface area contributed by atoms with Crippen LogP contribution in [0.1, 0.15) is 53.5 Å². The third-order valence-corrected chi connectivity index (χ3v) is 4.66. The van der Waals surface area contributed by atoms with Crippen molar-refractivity contribution in [3.63, 3.8) is 0 Å². The van der Waals surface area contributed by atoms with E-state index in [1.807, 2.05) is 0 Å². The van der Waals surface area contributed by atoms with Gasteiger partial charge in [0.2, 0.25) is 0 Å². The van der Waals surface area contributed by atoms with Crippen LogP contribution in [0.5, 0.6) is 0 Å². The average molecular weight is 375 g/mol. The van der Waals surface area contributed by atoms with Crippen molar-refractivity contribution in [2.75, 3.05) is 19.7 Å². The predicted molar refractivity (Wildman–Crippen MR) is 83.7 cm³/mol. The summed E-state index contributed by atoms with van der Waals surface area (Å²) in [7, 11) is 0. The van der Waals surface area contributed by atoms with Crippen LogP contribution in [0.25, 0.3) is 0 Å². The number of piperidine rings is 1. The van der Waals surface area contributed by atoms with Crippen molar-refractivity contribution in [2.45, 2.75) is 51.2 Å². The first-order valence-corrected chi connectivity index (χ1v) is 8.54. The van der Waals surface area contributed by atoms with E-state index in [1.165, 1.54) is 4.90 Å². The standard InChI is InChI=1S/C17H20F3NO5/c1-10-9-13(12-3-2-8-24-12)25-16(23)14(10)15(22)21-6-4-11(5-7-21)26-17(18,19)20/h9,11-12H,2-8H2,1H3. The molecule has 6 nitrogen and oxygen atoms in total. The number of halogens is 3. The van der Waals surface area contributed by atoms with Gasteiger partial charge in [-0.25, -0.2) is 4.79 Å². The number of carbonyl (C=O) groups is 1. The number of ether oxygens (including phenoxy) is 2.